The first-order chi connectivity index (χ1) is 17.8. The minimum absolute atomic E-state index is 0.230. The van der Waals surface area contributed by atoms with E-state index in [-0.39, 0.29) is 6.09 Å². The molecule has 0 aliphatic carbocycles. The van der Waals surface area contributed by atoms with E-state index in [9.17, 15) is 4.79 Å². The average molecular weight is 499 g/mol. The predicted octanol–water partition coefficient (Wildman–Crippen LogP) is 5.69. The second kappa shape index (κ2) is 10.7. The van der Waals surface area contributed by atoms with Gasteiger partial charge in [-0.2, -0.15) is 0 Å². The van der Waals surface area contributed by atoms with E-state index >= 15 is 0 Å². The van der Waals surface area contributed by atoms with E-state index in [1.807, 2.05) is 63.5 Å². The third kappa shape index (κ3) is 6.53. The first-order valence-corrected chi connectivity index (χ1v) is 13.0. The van der Waals surface area contributed by atoms with Gasteiger partial charge in [0.1, 0.15) is 11.4 Å². The molecule has 0 spiro atoms. The van der Waals surface area contributed by atoms with Crippen molar-refractivity contribution < 1.29 is 14.3 Å². The fraction of sp³-hybridized carbons (Fsp3) is 0.400. The minimum Gasteiger partial charge on any atom is -0.493 e. The average Bonchev–Trinajstić information content (AvgIpc) is 3.35. The maximum absolute atomic E-state index is 12.3. The van der Waals surface area contributed by atoms with Crippen molar-refractivity contribution in [1.29, 1.82) is 0 Å². The number of aliphatic imine (C=N–C) groups is 1. The first-order valence-electron chi connectivity index (χ1n) is 13.0. The van der Waals surface area contributed by atoms with Crippen LogP contribution in [-0.2, 0) is 17.7 Å². The molecule has 0 unspecified atom stereocenters. The summed E-state index contributed by atoms with van der Waals surface area (Å²) in [6, 6.07) is 16.4. The highest BCUT2D eigenvalue weighted by Crippen LogP contribution is 2.25. The standard InChI is InChI=1S/C30H34N4O3/c1-30(2,3)37-29(35)34-13-10-21(11-14-34)20-36-27-6-4-5-23(17-27)28-32-12-9-26(33-28)16-22-7-8-24-18-31-19-25(24)15-22/h4-9,12,15,17,19,21H,10-11,13-14,16,18,20H2,1-3H3. The van der Waals surface area contributed by atoms with Crippen molar-refractivity contribution in [3.8, 4) is 17.1 Å². The molecule has 0 radical (unpaired) electrons. The summed E-state index contributed by atoms with van der Waals surface area (Å²) in [6.07, 6.45) is 6.08. The van der Waals surface area contributed by atoms with Crippen LogP contribution in [0.25, 0.3) is 11.4 Å². The molecule has 1 saturated heterocycles. The van der Waals surface area contributed by atoms with E-state index in [4.69, 9.17) is 14.5 Å². The lowest BCUT2D eigenvalue weighted by Crippen LogP contribution is -2.42. The Morgan fingerprint density at radius 1 is 1.08 bits per heavy atom. The smallest absolute Gasteiger partial charge is 0.410 e. The van der Waals surface area contributed by atoms with Crippen LogP contribution in [0.2, 0.25) is 0 Å². The number of likely N-dealkylation sites (tertiary alicyclic amines) is 1. The number of hydrogen-bond acceptors (Lipinski definition) is 6. The zero-order valence-electron chi connectivity index (χ0n) is 21.8. The van der Waals surface area contributed by atoms with Gasteiger partial charge in [0.15, 0.2) is 5.82 Å². The minimum atomic E-state index is -0.470. The van der Waals surface area contributed by atoms with Crippen molar-refractivity contribution in [2.45, 2.75) is 52.2 Å². The van der Waals surface area contributed by atoms with Crippen LogP contribution in [0.1, 0.15) is 56.0 Å². The molecule has 37 heavy (non-hydrogen) atoms. The Morgan fingerprint density at radius 3 is 2.73 bits per heavy atom. The summed E-state index contributed by atoms with van der Waals surface area (Å²) in [6.45, 7) is 8.46. The van der Waals surface area contributed by atoms with E-state index in [2.05, 4.69) is 28.2 Å². The highest BCUT2D eigenvalue weighted by atomic mass is 16.6. The van der Waals surface area contributed by atoms with Gasteiger partial charge in [-0.1, -0.05) is 24.3 Å². The Labute approximate surface area is 218 Å². The summed E-state index contributed by atoms with van der Waals surface area (Å²) in [7, 11) is 0. The number of carbonyl (C=O) groups is 1. The molecule has 3 aromatic rings. The Morgan fingerprint density at radius 2 is 1.92 bits per heavy atom. The number of amides is 1. The van der Waals surface area contributed by atoms with Crippen LogP contribution in [-0.4, -0.2) is 52.5 Å². The third-order valence-corrected chi connectivity index (χ3v) is 6.64. The SMILES string of the molecule is CC(C)(C)OC(=O)N1CCC(COc2cccc(-c3nccc(Cc4ccc5c(c4)C=NC5)n3)c2)CC1. The molecule has 192 valence electrons. The van der Waals surface area contributed by atoms with Gasteiger partial charge in [0.05, 0.1) is 13.2 Å². The molecule has 1 amide bonds. The van der Waals surface area contributed by atoms with Crippen molar-refractivity contribution in [1.82, 2.24) is 14.9 Å². The molecule has 7 heteroatoms. The fourth-order valence-corrected chi connectivity index (χ4v) is 4.65. The molecule has 0 N–H and O–H groups in total. The zero-order chi connectivity index (χ0) is 25.8. The van der Waals surface area contributed by atoms with Gasteiger partial charge in [-0.25, -0.2) is 14.8 Å². The quantitative estimate of drug-likeness (QED) is 0.436. The number of fused-ring (bicyclic) bond motifs is 1. The lowest BCUT2D eigenvalue weighted by Gasteiger charge is -2.33. The van der Waals surface area contributed by atoms with E-state index in [0.717, 1.165) is 42.8 Å². The Balaban J connectivity index is 1.17. The fourth-order valence-electron chi connectivity index (χ4n) is 4.65. The van der Waals surface area contributed by atoms with Crippen molar-refractivity contribution in [3.05, 3.63) is 77.1 Å². The molecule has 7 nitrogen and oxygen atoms in total. The van der Waals surface area contributed by atoms with Crippen LogP contribution >= 0.6 is 0 Å². The number of carbonyl (C=O) groups excluding carboxylic acids is 1. The molecule has 3 heterocycles. The highest BCUT2D eigenvalue weighted by Gasteiger charge is 2.27. The van der Waals surface area contributed by atoms with Crippen LogP contribution in [0, 0.1) is 5.92 Å². The third-order valence-electron chi connectivity index (χ3n) is 6.64. The molecule has 2 aliphatic rings. The molecular formula is C30H34N4O3. The summed E-state index contributed by atoms with van der Waals surface area (Å²) in [5.41, 5.74) is 5.13. The lowest BCUT2D eigenvalue weighted by molar-refractivity contribution is 0.0165. The van der Waals surface area contributed by atoms with Gasteiger partial charge in [0, 0.05) is 43.2 Å². The lowest BCUT2D eigenvalue weighted by atomic mass is 9.98. The van der Waals surface area contributed by atoms with Gasteiger partial charge < -0.3 is 14.4 Å². The number of benzene rings is 2. The number of ether oxygens (including phenoxy) is 2. The highest BCUT2D eigenvalue weighted by molar-refractivity contribution is 5.84. The first kappa shape index (κ1) is 24.9. The molecule has 5 rings (SSSR count). The number of hydrogen-bond donors (Lipinski definition) is 0. The molecule has 2 aromatic carbocycles. The van der Waals surface area contributed by atoms with Crippen molar-refractivity contribution in [3.63, 3.8) is 0 Å². The van der Waals surface area contributed by atoms with Crippen molar-refractivity contribution in [2.75, 3.05) is 19.7 Å². The topological polar surface area (TPSA) is 76.9 Å². The van der Waals surface area contributed by atoms with Crippen LogP contribution in [0.4, 0.5) is 4.79 Å². The molecule has 0 saturated carbocycles. The van der Waals surface area contributed by atoms with Gasteiger partial charge in [-0.3, -0.25) is 4.99 Å². The summed E-state index contributed by atoms with van der Waals surface area (Å²) in [4.78, 5) is 27.8. The number of aromatic nitrogens is 2. The van der Waals surface area contributed by atoms with E-state index in [1.165, 1.54) is 16.7 Å². The van der Waals surface area contributed by atoms with E-state index < -0.39 is 5.60 Å². The van der Waals surface area contributed by atoms with E-state index in [1.54, 1.807) is 4.90 Å². The Hall–Kier alpha value is -3.74. The molecule has 1 aromatic heterocycles. The molecule has 2 aliphatic heterocycles. The molecule has 0 bridgehead atoms. The summed E-state index contributed by atoms with van der Waals surface area (Å²) >= 11 is 0. The molecule has 1 fully saturated rings. The summed E-state index contributed by atoms with van der Waals surface area (Å²) < 4.78 is 11.6. The summed E-state index contributed by atoms with van der Waals surface area (Å²) in [5.74, 6) is 1.90. The zero-order valence-corrected chi connectivity index (χ0v) is 21.8. The van der Waals surface area contributed by atoms with Crippen molar-refractivity contribution in [2.24, 2.45) is 10.9 Å². The van der Waals surface area contributed by atoms with E-state index in [0.29, 0.717) is 31.4 Å². The molecule has 0 atom stereocenters. The Kier molecular flexibility index (Phi) is 7.22. The number of piperidine rings is 1. The van der Waals surface area contributed by atoms with Gasteiger partial charge >= 0.3 is 6.09 Å². The summed E-state index contributed by atoms with van der Waals surface area (Å²) in [5, 5.41) is 0. The Bertz CT molecular complexity index is 1290. The van der Waals surface area contributed by atoms with Gasteiger partial charge in [0.25, 0.3) is 0 Å². The van der Waals surface area contributed by atoms with Gasteiger partial charge in [-0.15, -0.1) is 0 Å². The van der Waals surface area contributed by atoms with Crippen molar-refractivity contribution >= 4 is 12.3 Å². The maximum Gasteiger partial charge on any atom is 0.410 e. The normalized spacial score (nSPS) is 15.5. The van der Waals surface area contributed by atoms with Crippen LogP contribution in [0.15, 0.2) is 59.7 Å². The van der Waals surface area contributed by atoms with Gasteiger partial charge in [0.2, 0.25) is 0 Å². The monoisotopic (exact) mass is 498 g/mol. The largest absolute Gasteiger partial charge is 0.493 e. The maximum atomic E-state index is 12.3. The van der Waals surface area contributed by atoms with Crippen LogP contribution in [0.5, 0.6) is 5.75 Å². The molecular weight excluding hydrogens is 464 g/mol. The number of rotatable bonds is 6. The second-order valence-electron chi connectivity index (χ2n) is 10.8. The van der Waals surface area contributed by atoms with Gasteiger partial charge in [-0.05, 0) is 80.5 Å². The van der Waals surface area contributed by atoms with Crippen LogP contribution in [0.3, 0.4) is 0 Å². The predicted molar refractivity (Wildman–Crippen MR) is 144 cm³/mol. The second-order valence-corrected chi connectivity index (χ2v) is 10.8. The number of nitrogens with zero attached hydrogens (tertiary/aromatic N) is 4. The van der Waals surface area contributed by atoms with Crippen LogP contribution < -0.4 is 4.74 Å².